The summed E-state index contributed by atoms with van der Waals surface area (Å²) in [5.74, 6) is -0.574. The van der Waals surface area contributed by atoms with Gasteiger partial charge in [0.15, 0.2) is 0 Å². The molecule has 2 amide bonds. The Labute approximate surface area is 217 Å². The van der Waals surface area contributed by atoms with Gasteiger partial charge in [0, 0.05) is 46.2 Å². The largest absolute Gasteiger partial charge is 0.466 e. The van der Waals surface area contributed by atoms with E-state index < -0.39 is 5.60 Å². The first-order valence-corrected chi connectivity index (χ1v) is 13.1. The van der Waals surface area contributed by atoms with Gasteiger partial charge in [-0.15, -0.1) is 0 Å². The van der Waals surface area contributed by atoms with Crippen molar-refractivity contribution in [2.24, 2.45) is 5.73 Å². The number of nitrogens with one attached hydrogen (secondary N) is 1. The van der Waals surface area contributed by atoms with Crippen LogP contribution in [0.3, 0.4) is 0 Å². The second-order valence-electron chi connectivity index (χ2n) is 9.99. The van der Waals surface area contributed by atoms with Crippen molar-refractivity contribution >= 4 is 17.8 Å². The number of carbonyl (C=O) groups excluding carboxylic acids is 3. The second-order valence-corrected chi connectivity index (χ2v) is 9.99. The monoisotopic (exact) mass is 517 g/mol. The van der Waals surface area contributed by atoms with E-state index in [2.05, 4.69) is 5.32 Å². The van der Waals surface area contributed by atoms with Crippen LogP contribution in [0.1, 0.15) is 79.6 Å². The first-order valence-electron chi connectivity index (χ1n) is 13.1. The van der Waals surface area contributed by atoms with E-state index in [1.807, 2.05) is 27.7 Å². The highest BCUT2D eigenvalue weighted by molar-refractivity contribution is 5.81. The van der Waals surface area contributed by atoms with Crippen molar-refractivity contribution in [1.82, 2.24) is 10.2 Å². The summed E-state index contributed by atoms with van der Waals surface area (Å²) in [5, 5.41) is 2.88. The lowest BCUT2D eigenvalue weighted by Gasteiger charge is -2.29. The van der Waals surface area contributed by atoms with Gasteiger partial charge < -0.3 is 34.9 Å². The molecule has 0 aliphatic carbocycles. The van der Waals surface area contributed by atoms with Gasteiger partial charge >= 0.3 is 5.97 Å². The SMILES string of the molecule is CCOC(=O)CCC(=O)N(CCCN)CCCNC(=O)CCOC(C)(C)CCOC(C)(C)CCOC. The Hall–Kier alpha value is -1.75. The molecule has 0 aromatic heterocycles. The Morgan fingerprint density at radius 1 is 0.861 bits per heavy atom. The molecular formula is C26H51N3O7. The maximum Gasteiger partial charge on any atom is 0.306 e. The fourth-order valence-corrected chi connectivity index (χ4v) is 3.32. The highest BCUT2D eigenvalue weighted by Crippen LogP contribution is 2.19. The lowest BCUT2D eigenvalue weighted by molar-refractivity contribution is -0.145. The lowest BCUT2D eigenvalue weighted by Crippen LogP contribution is -2.36. The molecule has 212 valence electrons. The van der Waals surface area contributed by atoms with Crippen LogP contribution in [-0.4, -0.2) is 93.6 Å². The third kappa shape index (κ3) is 18.5. The minimum atomic E-state index is -0.398. The third-order valence-corrected chi connectivity index (χ3v) is 5.69. The molecule has 0 heterocycles. The minimum absolute atomic E-state index is 0.0661. The van der Waals surface area contributed by atoms with E-state index in [-0.39, 0.29) is 42.6 Å². The average Bonchev–Trinajstić information content (AvgIpc) is 2.80. The Bertz CT molecular complexity index is 627. The molecule has 0 atom stereocenters. The standard InChI is InChI=1S/C26H51N3O7/c1-7-34-24(32)11-10-23(31)29(17-8-15-27)18-9-16-28-22(30)12-19-35-26(4,5)14-21-36-25(2,3)13-20-33-6/h7-21,27H2,1-6H3,(H,28,30). The number of methoxy groups -OCH3 is 1. The summed E-state index contributed by atoms with van der Waals surface area (Å²) in [5.41, 5.74) is 4.93. The van der Waals surface area contributed by atoms with E-state index in [1.54, 1.807) is 18.9 Å². The molecule has 0 unspecified atom stereocenters. The van der Waals surface area contributed by atoms with Crippen LogP contribution < -0.4 is 11.1 Å². The number of hydrogen-bond acceptors (Lipinski definition) is 8. The van der Waals surface area contributed by atoms with Crippen LogP contribution in [0, 0.1) is 0 Å². The molecule has 10 heteroatoms. The van der Waals surface area contributed by atoms with E-state index in [1.165, 1.54) is 0 Å². The van der Waals surface area contributed by atoms with Gasteiger partial charge in [-0.05, 0) is 66.8 Å². The first-order chi connectivity index (χ1) is 17.0. The topological polar surface area (TPSA) is 129 Å². The quantitative estimate of drug-likeness (QED) is 0.165. The van der Waals surface area contributed by atoms with Crippen molar-refractivity contribution in [2.75, 3.05) is 59.7 Å². The second kappa shape index (κ2) is 19.4. The van der Waals surface area contributed by atoms with Crippen molar-refractivity contribution in [3.63, 3.8) is 0 Å². The molecule has 3 N–H and O–H groups in total. The molecule has 0 aromatic rings. The van der Waals surface area contributed by atoms with E-state index in [0.29, 0.717) is 71.9 Å². The lowest BCUT2D eigenvalue weighted by atomic mass is 10.0. The highest BCUT2D eigenvalue weighted by atomic mass is 16.5. The Kier molecular flexibility index (Phi) is 18.4. The summed E-state index contributed by atoms with van der Waals surface area (Å²) >= 11 is 0. The number of nitrogens with zero attached hydrogens (tertiary/aromatic N) is 1. The van der Waals surface area contributed by atoms with Crippen molar-refractivity contribution < 1.29 is 33.3 Å². The highest BCUT2D eigenvalue weighted by Gasteiger charge is 2.23. The zero-order valence-corrected chi connectivity index (χ0v) is 23.5. The van der Waals surface area contributed by atoms with Crippen molar-refractivity contribution in [3.8, 4) is 0 Å². The molecule has 0 saturated heterocycles. The van der Waals surface area contributed by atoms with Crippen LogP contribution >= 0.6 is 0 Å². The number of rotatable bonds is 22. The molecule has 0 bridgehead atoms. The third-order valence-electron chi connectivity index (χ3n) is 5.69. The van der Waals surface area contributed by atoms with E-state index in [9.17, 15) is 14.4 Å². The van der Waals surface area contributed by atoms with Crippen LogP contribution in [0.25, 0.3) is 0 Å². The Morgan fingerprint density at radius 2 is 1.47 bits per heavy atom. The smallest absolute Gasteiger partial charge is 0.306 e. The summed E-state index contributed by atoms with van der Waals surface area (Å²) in [6, 6.07) is 0. The predicted molar refractivity (Wildman–Crippen MR) is 140 cm³/mol. The Balaban J connectivity index is 4.20. The van der Waals surface area contributed by atoms with Crippen molar-refractivity contribution in [2.45, 2.75) is 90.8 Å². The molecule has 0 spiro atoms. The zero-order valence-electron chi connectivity index (χ0n) is 23.5. The number of amides is 2. The number of nitrogens with two attached hydrogens (primary N) is 1. The van der Waals surface area contributed by atoms with Crippen molar-refractivity contribution in [1.29, 1.82) is 0 Å². The maximum atomic E-state index is 12.5. The fraction of sp³-hybridized carbons (Fsp3) is 0.885. The predicted octanol–water partition coefficient (Wildman–Crippen LogP) is 2.42. The van der Waals surface area contributed by atoms with Gasteiger partial charge in [0.25, 0.3) is 0 Å². The number of carbonyl (C=O) groups is 3. The average molecular weight is 518 g/mol. The van der Waals surface area contributed by atoms with Gasteiger partial charge in [-0.2, -0.15) is 0 Å². The molecule has 0 aliphatic rings. The molecule has 0 rings (SSSR count). The molecule has 0 radical (unpaired) electrons. The van der Waals surface area contributed by atoms with Gasteiger partial charge in [0.05, 0.1) is 37.4 Å². The fourth-order valence-electron chi connectivity index (χ4n) is 3.32. The molecule has 0 aromatic carbocycles. The van der Waals surface area contributed by atoms with E-state index in [0.717, 1.165) is 6.42 Å². The maximum absolute atomic E-state index is 12.5. The molecule has 0 saturated carbocycles. The molecule has 36 heavy (non-hydrogen) atoms. The zero-order chi connectivity index (χ0) is 27.5. The minimum Gasteiger partial charge on any atom is -0.466 e. The van der Waals surface area contributed by atoms with Gasteiger partial charge in [0.2, 0.25) is 11.8 Å². The van der Waals surface area contributed by atoms with E-state index >= 15 is 0 Å². The molecular weight excluding hydrogens is 466 g/mol. The van der Waals surface area contributed by atoms with Crippen molar-refractivity contribution in [3.05, 3.63) is 0 Å². The van der Waals surface area contributed by atoms with Crippen LogP contribution in [0.4, 0.5) is 0 Å². The number of ether oxygens (including phenoxy) is 4. The summed E-state index contributed by atoms with van der Waals surface area (Å²) in [7, 11) is 1.68. The van der Waals surface area contributed by atoms with Crippen LogP contribution in [0.5, 0.6) is 0 Å². The van der Waals surface area contributed by atoms with Gasteiger partial charge in [-0.25, -0.2) is 0 Å². The molecule has 0 fully saturated rings. The van der Waals surface area contributed by atoms with Crippen LogP contribution in [-0.2, 0) is 33.3 Å². The molecule has 10 nitrogen and oxygen atoms in total. The first kappa shape index (κ1) is 34.2. The van der Waals surface area contributed by atoms with Gasteiger partial charge in [0.1, 0.15) is 0 Å². The number of esters is 1. The normalized spacial score (nSPS) is 11.9. The summed E-state index contributed by atoms with van der Waals surface area (Å²) in [4.78, 5) is 37.9. The summed E-state index contributed by atoms with van der Waals surface area (Å²) < 4.78 is 21.9. The molecule has 0 aliphatic heterocycles. The van der Waals surface area contributed by atoms with Crippen LogP contribution in [0.15, 0.2) is 0 Å². The number of hydrogen-bond donors (Lipinski definition) is 2. The van der Waals surface area contributed by atoms with Crippen LogP contribution in [0.2, 0.25) is 0 Å². The summed E-state index contributed by atoms with van der Waals surface area (Å²) in [6.45, 7) is 13.6. The summed E-state index contributed by atoms with van der Waals surface area (Å²) in [6.07, 6.45) is 3.27. The van der Waals surface area contributed by atoms with Gasteiger partial charge in [-0.3, -0.25) is 14.4 Å². The van der Waals surface area contributed by atoms with E-state index in [4.69, 9.17) is 24.7 Å². The Morgan fingerprint density at radius 3 is 2.08 bits per heavy atom. The van der Waals surface area contributed by atoms with Gasteiger partial charge in [-0.1, -0.05) is 0 Å².